The lowest BCUT2D eigenvalue weighted by Crippen LogP contribution is -2.50. The molecule has 2 atom stereocenters. The average molecular weight is 712 g/mol. The quantitative estimate of drug-likeness (QED) is 0.283. The predicted octanol–water partition coefficient (Wildman–Crippen LogP) is 6.93. The molecule has 1 aromatic rings. The van der Waals surface area contributed by atoms with E-state index in [-0.39, 0.29) is 30.9 Å². The van der Waals surface area contributed by atoms with Crippen molar-refractivity contribution >= 4 is 30.9 Å². The highest BCUT2D eigenvalue weighted by molar-refractivity contribution is 5.85. The summed E-state index contributed by atoms with van der Waals surface area (Å²) in [5.74, 6) is 1.48. The third kappa shape index (κ3) is 12.3. The molecule has 0 bridgehead atoms. The second kappa shape index (κ2) is 21.3. The molecule has 4 heterocycles. The maximum atomic E-state index is 12.4. The molecule has 4 saturated heterocycles. The highest BCUT2D eigenvalue weighted by Crippen LogP contribution is 2.28. The van der Waals surface area contributed by atoms with Crippen molar-refractivity contribution in [2.24, 2.45) is 11.8 Å². The molecule has 6 aliphatic rings. The van der Waals surface area contributed by atoms with Crippen LogP contribution in [0, 0.1) is 11.8 Å². The van der Waals surface area contributed by atoms with Crippen molar-refractivity contribution in [3.05, 3.63) is 35.9 Å². The molecule has 1 N–H and O–H groups in total. The number of halogens is 2. The number of hydrogen-bond donors (Lipinski definition) is 1. The largest absolute Gasteiger partial charge is 0.445 e. The van der Waals surface area contributed by atoms with Gasteiger partial charge in [0.05, 0.1) is 25.4 Å². The van der Waals surface area contributed by atoms with Crippen LogP contribution in [0.1, 0.15) is 95.5 Å². The molecule has 7 rings (SSSR count). The van der Waals surface area contributed by atoms with Crippen LogP contribution in [0.15, 0.2) is 30.3 Å². The Morgan fingerprint density at radius 3 is 1.67 bits per heavy atom. The monoisotopic (exact) mass is 710 g/mol. The fourth-order valence-electron chi connectivity index (χ4n) is 8.15. The molecule has 2 aliphatic carbocycles. The number of amides is 1. The summed E-state index contributed by atoms with van der Waals surface area (Å²) in [7, 11) is 0. The molecule has 4 aliphatic heterocycles. The number of nitrogens with zero attached hydrogens (tertiary/aromatic N) is 3. The van der Waals surface area contributed by atoms with Crippen LogP contribution < -0.4 is 5.32 Å². The van der Waals surface area contributed by atoms with Gasteiger partial charge in [0.1, 0.15) is 6.61 Å². The van der Waals surface area contributed by atoms with E-state index in [1.54, 1.807) is 0 Å². The number of carbonyl (C=O) groups is 1. The summed E-state index contributed by atoms with van der Waals surface area (Å²) in [5.41, 5.74) is 1.04. The van der Waals surface area contributed by atoms with Gasteiger partial charge in [0.15, 0.2) is 0 Å². The van der Waals surface area contributed by atoms with Crippen LogP contribution in [0.3, 0.4) is 0 Å². The van der Waals surface area contributed by atoms with Crippen molar-refractivity contribution in [3.8, 4) is 0 Å². The Morgan fingerprint density at radius 1 is 0.646 bits per heavy atom. The van der Waals surface area contributed by atoms with Crippen LogP contribution in [-0.2, 0) is 20.8 Å². The standard InChI is InChI=1S/C23H34N2O3.C15H28N2O.2ClH/c26-23(28-17-19-6-2-1-3-7-19)24-14-11-21(12-15-24)25-13-5-8-20(16-25)18-27-22-9-4-10-22;1-4-15(5-1)18-12-13-3-2-10-17(11-13)14-6-8-16-9-7-14;;/h1-3,6-7,20-22H,4-5,8-18H2;13-16H,1-12H2;2*1H/t20-;13-;;/m11../s1. The minimum atomic E-state index is -0.173. The Labute approximate surface area is 303 Å². The third-order valence-electron chi connectivity index (χ3n) is 11.6. The lowest BCUT2D eigenvalue weighted by Gasteiger charge is -2.42. The molecule has 0 spiro atoms. The maximum Gasteiger partial charge on any atom is 0.410 e. The van der Waals surface area contributed by atoms with Gasteiger partial charge in [-0.1, -0.05) is 30.3 Å². The predicted molar refractivity (Wildman–Crippen MR) is 197 cm³/mol. The summed E-state index contributed by atoms with van der Waals surface area (Å²) in [6.45, 7) is 11.3. The van der Waals surface area contributed by atoms with E-state index in [0.717, 1.165) is 63.2 Å². The van der Waals surface area contributed by atoms with E-state index >= 15 is 0 Å². The van der Waals surface area contributed by atoms with Crippen LogP contribution in [-0.4, -0.2) is 111 Å². The van der Waals surface area contributed by atoms with E-state index in [2.05, 4.69) is 15.1 Å². The van der Waals surface area contributed by atoms with Gasteiger partial charge in [0.2, 0.25) is 0 Å². The summed E-state index contributed by atoms with van der Waals surface area (Å²) in [6.07, 6.45) is 19.0. The third-order valence-corrected chi connectivity index (χ3v) is 11.6. The smallest absolute Gasteiger partial charge is 0.410 e. The molecule has 274 valence electrons. The molecule has 48 heavy (non-hydrogen) atoms. The lowest BCUT2D eigenvalue weighted by molar-refractivity contribution is -0.0345. The van der Waals surface area contributed by atoms with E-state index in [9.17, 15) is 4.79 Å². The van der Waals surface area contributed by atoms with Gasteiger partial charge < -0.3 is 24.4 Å². The van der Waals surface area contributed by atoms with Crippen LogP contribution in [0.4, 0.5) is 4.79 Å². The van der Waals surface area contributed by atoms with Crippen LogP contribution in [0.25, 0.3) is 0 Å². The first-order valence-electron chi connectivity index (χ1n) is 19.1. The van der Waals surface area contributed by atoms with Crippen molar-refractivity contribution in [1.29, 1.82) is 0 Å². The lowest BCUT2D eigenvalue weighted by atomic mass is 9.93. The average Bonchev–Trinajstić information content (AvgIpc) is 3.07. The number of nitrogens with one attached hydrogen (secondary N) is 1. The Kier molecular flexibility index (Phi) is 17.6. The second-order valence-electron chi connectivity index (χ2n) is 15.0. The normalized spacial score (nSPS) is 26.5. The molecule has 1 amide bonds. The fourth-order valence-corrected chi connectivity index (χ4v) is 8.15. The van der Waals surface area contributed by atoms with Crippen molar-refractivity contribution < 1.29 is 19.0 Å². The molecule has 2 saturated carbocycles. The number of rotatable bonds is 10. The fraction of sp³-hybridized carbons (Fsp3) is 0.816. The number of benzene rings is 1. The van der Waals surface area contributed by atoms with Gasteiger partial charge in [-0.05, 0) is 133 Å². The van der Waals surface area contributed by atoms with Crippen LogP contribution in [0.2, 0.25) is 0 Å². The molecule has 0 radical (unpaired) electrons. The molecule has 6 fully saturated rings. The molecule has 10 heteroatoms. The molecule has 0 aromatic heterocycles. The van der Waals surface area contributed by atoms with Gasteiger partial charge in [0.25, 0.3) is 0 Å². The number of hydrogen-bond acceptors (Lipinski definition) is 7. The summed E-state index contributed by atoms with van der Waals surface area (Å²) in [6, 6.07) is 11.3. The second-order valence-corrected chi connectivity index (χ2v) is 15.0. The van der Waals surface area contributed by atoms with Gasteiger partial charge in [-0.25, -0.2) is 4.79 Å². The summed E-state index contributed by atoms with van der Waals surface area (Å²) < 4.78 is 17.6. The van der Waals surface area contributed by atoms with Crippen LogP contribution >= 0.6 is 24.8 Å². The summed E-state index contributed by atoms with van der Waals surface area (Å²) >= 11 is 0. The first kappa shape index (κ1) is 39.7. The Bertz CT molecular complexity index is 1020. The van der Waals surface area contributed by atoms with Crippen molar-refractivity contribution in [1.82, 2.24) is 20.0 Å². The number of piperidine rings is 4. The molecule has 0 unspecified atom stereocenters. The van der Waals surface area contributed by atoms with Gasteiger partial charge in [-0.2, -0.15) is 0 Å². The van der Waals surface area contributed by atoms with E-state index in [1.807, 2.05) is 35.2 Å². The maximum absolute atomic E-state index is 12.4. The minimum absolute atomic E-state index is 0. The van der Waals surface area contributed by atoms with Gasteiger partial charge >= 0.3 is 6.09 Å². The minimum Gasteiger partial charge on any atom is -0.445 e. The first-order valence-corrected chi connectivity index (χ1v) is 19.1. The van der Waals surface area contributed by atoms with Gasteiger partial charge in [-0.15, -0.1) is 24.8 Å². The zero-order valence-corrected chi connectivity index (χ0v) is 31.0. The zero-order chi connectivity index (χ0) is 31.4. The van der Waals surface area contributed by atoms with Crippen molar-refractivity contribution in [3.63, 3.8) is 0 Å². The van der Waals surface area contributed by atoms with Crippen molar-refractivity contribution in [2.45, 2.75) is 121 Å². The van der Waals surface area contributed by atoms with E-state index in [4.69, 9.17) is 14.2 Å². The zero-order valence-electron chi connectivity index (χ0n) is 29.3. The summed E-state index contributed by atoms with van der Waals surface area (Å²) in [4.78, 5) is 19.6. The van der Waals surface area contributed by atoms with Gasteiger partial charge in [-0.3, -0.25) is 9.80 Å². The Hall–Kier alpha value is -1.13. The topological polar surface area (TPSA) is 66.5 Å². The molecular formula is C38H64Cl2N4O4. The number of ether oxygens (including phenoxy) is 3. The van der Waals surface area contributed by atoms with Crippen molar-refractivity contribution in [2.75, 3.05) is 65.6 Å². The Balaban J connectivity index is 0.000000226. The number of likely N-dealkylation sites (tertiary alicyclic amines) is 3. The first-order chi connectivity index (χ1) is 22.7. The number of carbonyl (C=O) groups excluding carboxylic acids is 1. The SMILES string of the molecule is C1CC(OC[C@@H]2CCCN(C3CCNCC3)C2)C1.Cl.Cl.O=C(OCc1ccccc1)N1CCC(N2CCC[C@@H](COC3CCC3)C2)CC1. The highest BCUT2D eigenvalue weighted by atomic mass is 35.5. The van der Waals surface area contributed by atoms with Crippen LogP contribution in [0.5, 0.6) is 0 Å². The molecule has 8 nitrogen and oxygen atoms in total. The molecule has 1 aromatic carbocycles. The summed E-state index contributed by atoms with van der Waals surface area (Å²) in [5, 5.41) is 3.47. The van der Waals surface area contributed by atoms with E-state index in [0.29, 0.717) is 30.8 Å². The highest BCUT2D eigenvalue weighted by Gasteiger charge is 2.32. The molecular weight excluding hydrogens is 647 g/mol. The van der Waals surface area contributed by atoms with E-state index < -0.39 is 0 Å². The Morgan fingerprint density at radius 2 is 1.17 bits per heavy atom. The van der Waals surface area contributed by atoms with Gasteiger partial charge in [0, 0.05) is 38.3 Å². The van der Waals surface area contributed by atoms with E-state index in [1.165, 1.54) is 110 Å².